The van der Waals surface area contributed by atoms with Gasteiger partial charge in [0.2, 0.25) is 11.9 Å². The number of aliphatic hydroxyl groups excluding tert-OH is 1. The Morgan fingerprint density at radius 2 is 1.11 bits per heavy atom. The lowest BCUT2D eigenvalue weighted by molar-refractivity contribution is -0.138. The highest BCUT2D eigenvalue weighted by atomic mass is 19.4. The summed E-state index contributed by atoms with van der Waals surface area (Å²) in [5, 5.41) is 23.6. The highest BCUT2D eigenvalue weighted by molar-refractivity contribution is 6.09. The molecule has 6 aromatic carbocycles. The maximum Gasteiger partial charge on any atom is 0.416 e. The second kappa shape index (κ2) is 23.1. The predicted octanol–water partition coefficient (Wildman–Crippen LogP) is 11.4. The fourth-order valence-corrected chi connectivity index (χ4v) is 9.44. The van der Waals surface area contributed by atoms with E-state index in [1.54, 1.807) is 67.6 Å². The molecule has 84 heavy (non-hydrogen) atoms. The average molecular weight is 1150 g/mol. The van der Waals surface area contributed by atoms with E-state index in [4.69, 9.17) is 10.7 Å². The molecular weight excluding hydrogens is 1100 g/mol. The number of aliphatic hydroxyl groups is 1. The van der Waals surface area contributed by atoms with Crippen LogP contribution in [0.2, 0.25) is 0 Å². The van der Waals surface area contributed by atoms with Gasteiger partial charge in [0.15, 0.2) is 0 Å². The lowest BCUT2D eigenvalue weighted by Gasteiger charge is -2.37. The number of hydrogen-bond donors (Lipinski definition) is 7. The highest BCUT2D eigenvalue weighted by Gasteiger charge is 2.37. The number of nitrogens with two attached hydrogens (primary N) is 1. The van der Waals surface area contributed by atoms with Gasteiger partial charge in [0.25, 0.3) is 11.8 Å². The molecule has 2 aliphatic heterocycles. The van der Waals surface area contributed by atoms with Gasteiger partial charge in [-0.1, -0.05) is 42.5 Å². The van der Waals surface area contributed by atoms with Gasteiger partial charge in [0.05, 0.1) is 42.2 Å². The number of rotatable bonds is 15. The molecule has 0 unspecified atom stereocenters. The number of benzene rings is 6. The summed E-state index contributed by atoms with van der Waals surface area (Å²) in [7, 11) is 1.50. The highest BCUT2D eigenvalue weighted by Crippen LogP contribution is 2.39. The number of nitrogens with zero attached hydrogens (tertiary/aromatic N) is 8. The maximum atomic E-state index is 15.3. The van der Waals surface area contributed by atoms with Gasteiger partial charge in [-0.05, 0) is 121 Å². The van der Waals surface area contributed by atoms with Gasteiger partial charge >= 0.3 is 30.4 Å². The van der Waals surface area contributed by atoms with E-state index in [1.165, 1.54) is 75.4 Å². The van der Waals surface area contributed by atoms with Crippen molar-refractivity contribution in [1.82, 2.24) is 19.9 Å². The van der Waals surface area contributed by atoms with Crippen LogP contribution < -0.4 is 51.9 Å². The first kappa shape index (κ1) is 56.6. The summed E-state index contributed by atoms with van der Waals surface area (Å²) >= 11 is 0. The number of amides is 8. The zero-order chi connectivity index (χ0) is 59.6. The molecule has 428 valence electrons. The molecule has 20 nitrogen and oxygen atoms in total. The van der Waals surface area contributed by atoms with Crippen molar-refractivity contribution in [2.45, 2.75) is 45.4 Å². The van der Waals surface area contributed by atoms with E-state index in [-0.39, 0.29) is 84.4 Å². The topological polar surface area (TPSA) is 256 Å². The van der Waals surface area contributed by atoms with Crippen molar-refractivity contribution in [1.29, 1.82) is 0 Å². The van der Waals surface area contributed by atoms with Gasteiger partial charge in [0, 0.05) is 76.7 Å². The lowest BCUT2D eigenvalue weighted by atomic mass is 10.0. The Bertz CT molecular complexity index is 3920. The molecule has 0 aliphatic carbocycles. The number of nitrogens with one attached hydrogen (secondary N) is 5. The number of aryl methyl sites for hydroxylation is 1. The minimum Gasteiger partial charge on any atom is -0.392 e. The van der Waals surface area contributed by atoms with E-state index in [0.29, 0.717) is 56.6 Å². The molecule has 0 radical (unpaired) electrons. The number of aromatic nitrogens is 4. The number of halogens is 6. The van der Waals surface area contributed by atoms with E-state index in [9.17, 15) is 50.6 Å². The van der Waals surface area contributed by atoms with Gasteiger partial charge in [0.1, 0.15) is 11.6 Å². The fraction of sp³-hybridized carbons (Fsp3) is 0.155. The quantitative estimate of drug-likeness (QED) is 0.0473. The molecule has 8 aromatic rings. The Balaban J connectivity index is 1.01. The van der Waals surface area contributed by atoms with Gasteiger partial charge in [-0.15, -0.1) is 0 Å². The Morgan fingerprint density at radius 3 is 1.70 bits per heavy atom. The number of anilines is 11. The third-order valence-electron chi connectivity index (χ3n) is 13.5. The Morgan fingerprint density at radius 1 is 0.595 bits per heavy atom. The van der Waals surface area contributed by atoms with E-state index in [1.807, 2.05) is 0 Å². The summed E-state index contributed by atoms with van der Waals surface area (Å²) < 4.78 is 82.0. The Hall–Kier alpha value is -10.6. The maximum absolute atomic E-state index is 15.3. The van der Waals surface area contributed by atoms with E-state index in [2.05, 4.69) is 41.5 Å². The molecule has 0 saturated carbocycles. The number of primary amides is 1. The predicted molar refractivity (Wildman–Crippen MR) is 302 cm³/mol. The Kier molecular flexibility index (Phi) is 15.6. The molecule has 10 rings (SSSR count). The SMILES string of the molecule is Cc1ccc(NC(=O)c2cccc(C(F)(F)F)c2)cc1N1Cc2cnc(Nc3cccc(NC(N)=O)c3)nc2N(CCc2ccc(NC(=O)c3cccc(C(F)(F)F)c3)cc2N2Cc3cnc(Nc4cccc(CO)c4)nc3N(C)C2=O)C1=O. The van der Waals surface area contributed by atoms with E-state index >= 15 is 4.79 Å². The van der Waals surface area contributed by atoms with Crippen LogP contribution in [0.3, 0.4) is 0 Å². The number of carbonyl (C=O) groups is 5. The van der Waals surface area contributed by atoms with E-state index in [0.717, 1.165) is 30.3 Å². The van der Waals surface area contributed by atoms with Crippen LogP contribution in [0.5, 0.6) is 0 Å². The number of fused-ring (bicyclic) bond motifs is 2. The van der Waals surface area contributed by atoms with Crippen LogP contribution in [0.4, 0.5) is 104 Å². The molecule has 0 bridgehead atoms. The molecule has 0 saturated heterocycles. The smallest absolute Gasteiger partial charge is 0.392 e. The van der Waals surface area contributed by atoms with Crippen LogP contribution in [0, 0.1) is 6.92 Å². The number of hydrogen-bond acceptors (Lipinski definition) is 12. The minimum absolute atomic E-state index is 0.0253. The van der Waals surface area contributed by atoms with Crippen molar-refractivity contribution in [2.24, 2.45) is 5.73 Å². The Labute approximate surface area is 474 Å². The molecule has 4 heterocycles. The van der Waals surface area contributed by atoms with Crippen molar-refractivity contribution in [2.75, 3.05) is 59.8 Å². The molecule has 8 N–H and O–H groups in total. The van der Waals surface area contributed by atoms with E-state index < -0.39 is 53.4 Å². The van der Waals surface area contributed by atoms with Crippen molar-refractivity contribution in [3.05, 3.63) is 196 Å². The molecule has 26 heteroatoms. The van der Waals surface area contributed by atoms with Crippen molar-refractivity contribution in [3.63, 3.8) is 0 Å². The largest absolute Gasteiger partial charge is 0.416 e. The summed E-state index contributed by atoms with van der Waals surface area (Å²) in [4.78, 5) is 92.6. The number of alkyl halides is 6. The number of urea groups is 3. The number of carbonyl (C=O) groups excluding carboxylic acids is 5. The second-order valence-corrected chi connectivity index (χ2v) is 19.4. The van der Waals surface area contributed by atoms with Gasteiger partial charge in [-0.2, -0.15) is 36.3 Å². The summed E-state index contributed by atoms with van der Waals surface area (Å²) in [6.45, 7) is 1.13. The summed E-state index contributed by atoms with van der Waals surface area (Å²) in [5.74, 6) is -1.12. The summed E-state index contributed by atoms with van der Waals surface area (Å²) in [5.41, 5.74) is 7.44. The molecule has 0 spiro atoms. The molecule has 0 fully saturated rings. The second-order valence-electron chi connectivity index (χ2n) is 19.4. The van der Waals surface area contributed by atoms with Crippen LogP contribution in [-0.4, -0.2) is 68.5 Å². The zero-order valence-electron chi connectivity index (χ0n) is 44.3. The summed E-state index contributed by atoms with van der Waals surface area (Å²) in [6.07, 6.45) is -6.44. The fourth-order valence-electron chi connectivity index (χ4n) is 9.44. The third kappa shape index (κ3) is 12.5. The average Bonchev–Trinajstić information content (AvgIpc) is 1.43. The van der Waals surface area contributed by atoms with Gasteiger partial charge in [-0.25, -0.2) is 24.4 Å². The van der Waals surface area contributed by atoms with Crippen molar-refractivity contribution >= 4 is 93.3 Å². The minimum atomic E-state index is -4.74. The van der Waals surface area contributed by atoms with Crippen molar-refractivity contribution in [3.8, 4) is 0 Å². The first-order valence-corrected chi connectivity index (χ1v) is 25.6. The first-order chi connectivity index (χ1) is 40.1. The standard InChI is InChI=1S/C58H48F6N14O6/c1-32-15-17-44(68-50(80)35-8-4-10-39(22-35)57(59,60)61)25-46(32)77-30-38-28-67-54(72-43-14-6-13-42(24-43)70-52(65)82)74-49(38)76(56(77)84)20-19-34-16-18-45(69-51(81)36-9-5-11-40(23-36)58(62,63)64)26-47(34)78-29-37-27-66-53(73-48(37)75(2)55(78)83)71-41-12-3-7-33(21-41)31-79/h3-18,21-28,79H,19-20,29-31H2,1-2H3,(H,68,80)(H,69,81)(H3,65,70,82)(H,66,71,73)(H,67,72,74). The van der Waals surface area contributed by atoms with Gasteiger partial charge < -0.3 is 37.4 Å². The van der Waals surface area contributed by atoms with Crippen LogP contribution in [0.25, 0.3) is 0 Å². The molecular formula is C58H48F6N14O6. The van der Waals surface area contributed by atoms with Crippen LogP contribution in [0.15, 0.2) is 146 Å². The van der Waals surface area contributed by atoms with Crippen LogP contribution in [0.1, 0.15) is 59.7 Å². The first-order valence-electron chi connectivity index (χ1n) is 25.6. The molecule has 2 aromatic heterocycles. The normalized spacial score (nSPS) is 13.2. The molecule has 0 atom stereocenters. The van der Waals surface area contributed by atoms with Gasteiger partial charge in [-0.3, -0.25) is 29.2 Å². The monoisotopic (exact) mass is 1150 g/mol. The molecule has 2 aliphatic rings. The third-order valence-corrected chi connectivity index (χ3v) is 13.5. The molecule has 8 amide bonds. The lowest BCUT2D eigenvalue weighted by Crippen LogP contribution is -2.49. The summed E-state index contributed by atoms with van der Waals surface area (Å²) in [6, 6.07) is 28.4. The van der Waals surface area contributed by atoms with Crippen LogP contribution in [-0.2, 0) is 38.5 Å². The zero-order valence-corrected chi connectivity index (χ0v) is 44.3. The van der Waals surface area contributed by atoms with Crippen molar-refractivity contribution < 1.29 is 55.4 Å². The van der Waals surface area contributed by atoms with Crippen LogP contribution >= 0.6 is 0 Å².